The maximum absolute atomic E-state index is 12.4. The Balaban J connectivity index is 3.42. The molecule has 354 valence electrons. The molecule has 0 aromatic rings. The van der Waals surface area contributed by atoms with Crippen molar-refractivity contribution in [2.45, 2.75) is 296 Å². The molecule has 6 nitrogen and oxygen atoms in total. The summed E-state index contributed by atoms with van der Waals surface area (Å²) in [5.74, 6) is -0.0538. The standard InChI is InChI=1S/C54H103NO5/c1-3-5-7-9-11-13-15-16-17-21-24-28-32-36-40-44-48-54(59)60-49-45-41-37-33-29-25-22-19-18-20-23-27-31-35-39-43-47-53(58)55-51(50-56)52(57)46-42-38-34-30-26-14-12-10-8-6-4-2/h13,15,17,21,51-52,56-57H,3-12,14,16,18-20,22-50H2,1-2H3,(H,55,58)/b15-13-,21-17-. The highest BCUT2D eigenvalue weighted by molar-refractivity contribution is 5.76. The number of unbranched alkanes of at least 4 members (excludes halogenated alkanes) is 34. The fraction of sp³-hybridized carbons (Fsp3) is 0.889. The van der Waals surface area contributed by atoms with E-state index in [0.29, 0.717) is 25.9 Å². The van der Waals surface area contributed by atoms with Gasteiger partial charge in [-0.3, -0.25) is 9.59 Å². The predicted octanol–water partition coefficient (Wildman–Crippen LogP) is 15.9. The zero-order valence-electron chi connectivity index (χ0n) is 40.2. The molecule has 0 radical (unpaired) electrons. The summed E-state index contributed by atoms with van der Waals surface area (Å²) in [4.78, 5) is 24.5. The summed E-state index contributed by atoms with van der Waals surface area (Å²) in [7, 11) is 0. The molecule has 0 saturated carbocycles. The van der Waals surface area contributed by atoms with Crippen molar-refractivity contribution in [2.24, 2.45) is 0 Å². The molecule has 0 saturated heterocycles. The van der Waals surface area contributed by atoms with Crippen LogP contribution in [0.4, 0.5) is 0 Å². The van der Waals surface area contributed by atoms with E-state index >= 15 is 0 Å². The molecular weight excluding hydrogens is 743 g/mol. The van der Waals surface area contributed by atoms with Gasteiger partial charge in [-0.25, -0.2) is 0 Å². The number of aliphatic hydroxyl groups excluding tert-OH is 2. The molecule has 3 N–H and O–H groups in total. The van der Waals surface area contributed by atoms with E-state index in [1.165, 1.54) is 193 Å². The summed E-state index contributed by atoms with van der Waals surface area (Å²) in [5.41, 5.74) is 0. The van der Waals surface area contributed by atoms with Gasteiger partial charge in [0.05, 0.1) is 25.4 Å². The first kappa shape index (κ1) is 58.3. The highest BCUT2D eigenvalue weighted by Gasteiger charge is 2.20. The van der Waals surface area contributed by atoms with Crippen molar-refractivity contribution in [1.29, 1.82) is 0 Å². The molecule has 0 aliphatic heterocycles. The average molecular weight is 846 g/mol. The predicted molar refractivity (Wildman–Crippen MR) is 260 cm³/mol. The molecule has 0 rings (SSSR count). The van der Waals surface area contributed by atoms with Crippen molar-refractivity contribution < 1.29 is 24.5 Å². The van der Waals surface area contributed by atoms with E-state index in [9.17, 15) is 19.8 Å². The molecule has 2 atom stereocenters. The zero-order chi connectivity index (χ0) is 43.7. The van der Waals surface area contributed by atoms with E-state index < -0.39 is 12.1 Å². The quantitative estimate of drug-likeness (QED) is 0.0322. The van der Waals surface area contributed by atoms with Gasteiger partial charge >= 0.3 is 5.97 Å². The maximum Gasteiger partial charge on any atom is 0.305 e. The maximum atomic E-state index is 12.4. The lowest BCUT2D eigenvalue weighted by Gasteiger charge is -2.22. The normalized spacial score (nSPS) is 12.8. The second-order valence-electron chi connectivity index (χ2n) is 18.2. The van der Waals surface area contributed by atoms with Gasteiger partial charge in [-0.1, -0.05) is 237 Å². The summed E-state index contributed by atoms with van der Waals surface area (Å²) < 4.78 is 5.47. The van der Waals surface area contributed by atoms with E-state index in [-0.39, 0.29) is 18.5 Å². The third kappa shape index (κ3) is 45.9. The molecule has 0 aliphatic rings. The number of esters is 1. The van der Waals surface area contributed by atoms with Crippen molar-refractivity contribution in [3.05, 3.63) is 24.3 Å². The van der Waals surface area contributed by atoms with E-state index in [1.54, 1.807) is 0 Å². The molecule has 2 unspecified atom stereocenters. The summed E-state index contributed by atoms with van der Waals surface area (Å²) in [6.45, 7) is 4.91. The Kier molecular flexibility index (Phi) is 48.6. The molecule has 0 heterocycles. The van der Waals surface area contributed by atoms with Crippen LogP contribution in [0.15, 0.2) is 24.3 Å². The molecule has 6 heteroatoms. The second kappa shape index (κ2) is 50.0. The summed E-state index contributed by atoms with van der Waals surface area (Å²) >= 11 is 0. The van der Waals surface area contributed by atoms with Crippen molar-refractivity contribution in [1.82, 2.24) is 5.32 Å². The molecule has 0 aliphatic carbocycles. The fourth-order valence-corrected chi connectivity index (χ4v) is 8.14. The number of carbonyl (C=O) groups excluding carboxylic acids is 2. The third-order valence-electron chi connectivity index (χ3n) is 12.3. The van der Waals surface area contributed by atoms with Crippen LogP contribution in [0.1, 0.15) is 284 Å². The van der Waals surface area contributed by atoms with E-state index in [0.717, 1.165) is 57.8 Å². The lowest BCUT2D eigenvalue weighted by atomic mass is 10.0. The van der Waals surface area contributed by atoms with E-state index in [1.807, 2.05) is 0 Å². The minimum Gasteiger partial charge on any atom is -0.466 e. The van der Waals surface area contributed by atoms with Gasteiger partial charge < -0.3 is 20.3 Å². The molecule has 1 amide bonds. The first-order valence-corrected chi connectivity index (χ1v) is 26.6. The Bertz CT molecular complexity index is 935. The van der Waals surface area contributed by atoms with Crippen molar-refractivity contribution in [2.75, 3.05) is 13.2 Å². The van der Waals surface area contributed by atoms with Crippen LogP contribution in [0.3, 0.4) is 0 Å². The second-order valence-corrected chi connectivity index (χ2v) is 18.2. The summed E-state index contributed by atoms with van der Waals surface area (Å²) in [5, 5.41) is 23.1. The highest BCUT2D eigenvalue weighted by Crippen LogP contribution is 2.16. The van der Waals surface area contributed by atoms with Gasteiger partial charge in [-0.15, -0.1) is 0 Å². The number of ether oxygens (including phenoxy) is 1. The third-order valence-corrected chi connectivity index (χ3v) is 12.3. The summed E-state index contributed by atoms with van der Waals surface area (Å²) in [6, 6.07) is -0.545. The van der Waals surface area contributed by atoms with Gasteiger partial charge in [0.15, 0.2) is 0 Å². The number of hydrogen-bond donors (Lipinski definition) is 3. The Morgan fingerprint density at radius 2 is 0.833 bits per heavy atom. The Hall–Kier alpha value is -1.66. The molecule has 0 aromatic heterocycles. The molecule has 0 bridgehead atoms. The number of nitrogens with one attached hydrogen (secondary N) is 1. The molecule has 0 spiro atoms. The summed E-state index contributed by atoms with van der Waals surface area (Å²) in [6.07, 6.45) is 58.6. The number of rotatable bonds is 49. The van der Waals surface area contributed by atoms with Crippen LogP contribution in [0.2, 0.25) is 0 Å². The fourth-order valence-electron chi connectivity index (χ4n) is 8.14. The van der Waals surface area contributed by atoms with Crippen LogP contribution in [-0.2, 0) is 14.3 Å². The number of carbonyl (C=O) groups is 2. The average Bonchev–Trinajstić information content (AvgIpc) is 3.25. The number of allylic oxidation sites excluding steroid dienone is 4. The largest absolute Gasteiger partial charge is 0.466 e. The van der Waals surface area contributed by atoms with Crippen LogP contribution in [0.5, 0.6) is 0 Å². The smallest absolute Gasteiger partial charge is 0.305 e. The first-order chi connectivity index (χ1) is 29.5. The van der Waals surface area contributed by atoms with Gasteiger partial charge in [0, 0.05) is 12.8 Å². The van der Waals surface area contributed by atoms with Crippen LogP contribution >= 0.6 is 0 Å². The molecule has 60 heavy (non-hydrogen) atoms. The number of aliphatic hydroxyl groups is 2. The lowest BCUT2D eigenvalue weighted by molar-refractivity contribution is -0.143. The topological polar surface area (TPSA) is 95.9 Å². The van der Waals surface area contributed by atoms with E-state index in [4.69, 9.17) is 4.74 Å². The molecule has 0 aromatic carbocycles. The Labute approximate surface area is 373 Å². The van der Waals surface area contributed by atoms with Crippen molar-refractivity contribution in [3.63, 3.8) is 0 Å². The molecular formula is C54H103NO5. The molecule has 0 fully saturated rings. The van der Waals surface area contributed by atoms with Crippen LogP contribution in [0, 0.1) is 0 Å². The van der Waals surface area contributed by atoms with Gasteiger partial charge in [-0.2, -0.15) is 0 Å². The monoisotopic (exact) mass is 846 g/mol. The Morgan fingerprint density at radius 3 is 1.28 bits per heavy atom. The van der Waals surface area contributed by atoms with Gasteiger partial charge in [0.1, 0.15) is 0 Å². The van der Waals surface area contributed by atoms with Gasteiger partial charge in [-0.05, 0) is 57.8 Å². The van der Waals surface area contributed by atoms with Crippen LogP contribution in [-0.4, -0.2) is 47.4 Å². The van der Waals surface area contributed by atoms with Crippen LogP contribution < -0.4 is 5.32 Å². The SMILES string of the molecule is CCCCCC/C=C\C/C=C\CCCCCCCC(=O)OCCCCCCCCCCCCCCCCCCC(=O)NC(CO)C(O)CCCCCCCCCCCCC. The Morgan fingerprint density at radius 1 is 0.467 bits per heavy atom. The van der Waals surface area contributed by atoms with Crippen molar-refractivity contribution in [3.8, 4) is 0 Å². The lowest BCUT2D eigenvalue weighted by Crippen LogP contribution is -2.45. The van der Waals surface area contributed by atoms with Crippen molar-refractivity contribution >= 4 is 11.9 Å². The number of hydrogen-bond acceptors (Lipinski definition) is 5. The minimum absolute atomic E-state index is 0.0105. The van der Waals surface area contributed by atoms with Gasteiger partial charge in [0.25, 0.3) is 0 Å². The van der Waals surface area contributed by atoms with E-state index in [2.05, 4.69) is 43.5 Å². The minimum atomic E-state index is -0.667. The van der Waals surface area contributed by atoms with Crippen LogP contribution in [0.25, 0.3) is 0 Å². The first-order valence-electron chi connectivity index (χ1n) is 26.6. The zero-order valence-corrected chi connectivity index (χ0v) is 40.2. The number of amides is 1. The highest BCUT2D eigenvalue weighted by atomic mass is 16.5. The van der Waals surface area contributed by atoms with Gasteiger partial charge in [0.2, 0.25) is 5.91 Å².